The maximum Gasteiger partial charge on any atom is 0.407 e. The van der Waals surface area contributed by atoms with Gasteiger partial charge in [-0.2, -0.15) is 0 Å². The number of carbonyl (C=O) groups excluding carboxylic acids is 4. The summed E-state index contributed by atoms with van der Waals surface area (Å²) in [6.07, 6.45) is 6.40. The fraction of sp³-hybridized carbons (Fsp3) is 0.357. The summed E-state index contributed by atoms with van der Waals surface area (Å²) in [4.78, 5) is 69.2. The van der Waals surface area contributed by atoms with Gasteiger partial charge in [-0.1, -0.05) is 74.5 Å². The fourth-order valence-electron chi connectivity index (χ4n) is 6.18. The zero-order valence-corrected chi connectivity index (χ0v) is 33.6. The molecule has 14 heteroatoms. The lowest BCUT2D eigenvalue weighted by Gasteiger charge is -2.26. The molecular formula is C42H49N7O5S2. The Labute approximate surface area is 336 Å². The maximum atomic E-state index is 14.3. The first-order valence-electron chi connectivity index (χ1n) is 18.7. The molecule has 0 saturated carbocycles. The molecule has 3 unspecified atom stereocenters. The third-order valence-electron chi connectivity index (χ3n) is 9.09. The van der Waals surface area contributed by atoms with E-state index < -0.39 is 24.1 Å². The lowest BCUT2D eigenvalue weighted by atomic mass is 9.86. The van der Waals surface area contributed by atoms with Gasteiger partial charge in [0.1, 0.15) is 6.61 Å². The second-order valence-electron chi connectivity index (χ2n) is 14.1. The number of hydrogen-bond acceptors (Lipinski definition) is 10. The minimum atomic E-state index is -1.10. The highest BCUT2D eigenvalue weighted by Crippen LogP contribution is 2.23. The molecule has 0 fully saturated rings. The molecule has 0 saturated heterocycles. The number of ketones is 1. The number of nitrogens with one attached hydrogen (secondary N) is 3. The summed E-state index contributed by atoms with van der Waals surface area (Å²) < 4.78 is 5.51. The highest BCUT2D eigenvalue weighted by molar-refractivity contribution is 7.09. The van der Waals surface area contributed by atoms with Gasteiger partial charge in [0.2, 0.25) is 5.91 Å². The lowest BCUT2D eigenvalue weighted by molar-refractivity contribution is -0.125. The number of urea groups is 1. The summed E-state index contributed by atoms with van der Waals surface area (Å²) in [5.74, 6) is -0.587. The van der Waals surface area contributed by atoms with E-state index in [-0.39, 0.29) is 49.7 Å². The van der Waals surface area contributed by atoms with E-state index in [1.807, 2.05) is 66.0 Å². The summed E-state index contributed by atoms with van der Waals surface area (Å²) in [6, 6.07) is 21.3. The molecule has 0 aliphatic rings. The number of anilines is 1. The minimum absolute atomic E-state index is 0.0987. The molecule has 3 atom stereocenters. The number of Topliss-reactive ketones (excluding diaryl/α,β-unsaturated/α-hetero) is 1. The molecule has 4 amide bonds. The number of hydrogen-bond donors (Lipinski definition) is 3. The van der Waals surface area contributed by atoms with E-state index in [2.05, 4.69) is 44.7 Å². The number of thiazole rings is 2. The Morgan fingerprint density at radius 2 is 1.55 bits per heavy atom. The maximum absolute atomic E-state index is 14.3. The van der Waals surface area contributed by atoms with Crippen molar-refractivity contribution in [1.82, 2.24) is 30.5 Å². The smallest absolute Gasteiger partial charge is 0.407 e. The van der Waals surface area contributed by atoms with Crippen LogP contribution in [-0.2, 0) is 40.3 Å². The summed E-state index contributed by atoms with van der Waals surface area (Å²) in [5.41, 5.74) is 5.04. The van der Waals surface area contributed by atoms with Crippen LogP contribution >= 0.6 is 22.7 Å². The van der Waals surface area contributed by atoms with Crippen molar-refractivity contribution in [3.8, 4) is 0 Å². The van der Waals surface area contributed by atoms with Gasteiger partial charge in [-0.25, -0.2) is 14.6 Å². The summed E-state index contributed by atoms with van der Waals surface area (Å²) in [7, 11) is 1.64. The summed E-state index contributed by atoms with van der Waals surface area (Å²) >= 11 is 2.96. The molecule has 0 radical (unpaired) electrons. The van der Waals surface area contributed by atoms with Crippen molar-refractivity contribution in [2.24, 2.45) is 5.92 Å². The molecule has 2 aromatic carbocycles. The highest BCUT2D eigenvalue weighted by atomic mass is 32.1. The van der Waals surface area contributed by atoms with Crippen molar-refractivity contribution in [3.63, 3.8) is 0 Å². The number of carbonyl (C=O) groups is 4. The Morgan fingerprint density at radius 3 is 2.20 bits per heavy atom. The van der Waals surface area contributed by atoms with E-state index in [0.717, 1.165) is 26.7 Å². The molecule has 0 aliphatic heterocycles. The molecule has 0 spiro atoms. The highest BCUT2D eigenvalue weighted by Gasteiger charge is 2.29. The van der Waals surface area contributed by atoms with Crippen LogP contribution in [0.25, 0.3) is 0 Å². The van der Waals surface area contributed by atoms with Crippen LogP contribution in [0, 0.1) is 5.92 Å². The van der Waals surface area contributed by atoms with Crippen LogP contribution in [0.5, 0.6) is 0 Å². The molecule has 0 bridgehead atoms. The Bertz CT molecular complexity index is 1960. The first-order valence-corrected chi connectivity index (χ1v) is 20.4. The second kappa shape index (κ2) is 21.6. The molecule has 3 heterocycles. The van der Waals surface area contributed by atoms with Crippen molar-refractivity contribution in [1.29, 1.82) is 0 Å². The van der Waals surface area contributed by atoms with Gasteiger partial charge in [0.15, 0.2) is 5.78 Å². The third-order valence-corrected chi connectivity index (χ3v) is 11.0. The molecule has 12 nitrogen and oxygen atoms in total. The molecule has 5 rings (SSSR count). The van der Waals surface area contributed by atoms with Crippen molar-refractivity contribution < 1.29 is 23.9 Å². The quantitative estimate of drug-likeness (QED) is 0.0721. The van der Waals surface area contributed by atoms with Crippen molar-refractivity contribution in [2.75, 3.05) is 12.4 Å². The van der Waals surface area contributed by atoms with Gasteiger partial charge in [0.25, 0.3) is 0 Å². The molecule has 56 heavy (non-hydrogen) atoms. The standard InChI is InChI=1S/C42H49N7O5S2/c1-29(2)40-46-35(27-55-40)25-49(3)41(52)48-37(22-39(51)45-34-15-10-18-43-23-34)38(50)21-32(19-30-11-6-4-7-12-30)16-17-33(20-31-13-8-5-9-14-31)47-42(53)54-26-36-24-44-28-56-36/h4-15,18,23-24,27-29,32-33,37H,16-17,19-22,25-26H2,1-3H3,(H,45,51)(H,47,53)(H,48,52). The van der Waals surface area contributed by atoms with Crippen LogP contribution in [0.4, 0.5) is 15.3 Å². The van der Waals surface area contributed by atoms with Gasteiger partial charge in [-0.3, -0.25) is 19.6 Å². The van der Waals surface area contributed by atoms with Gasteiger partial charge in [-0.05, 0) is 54.9 Å². The van der Waals surface area contributed by atoms with Crippen LogP contribution < -0.4 is 16.0 Å². The van der Waals surface area contributed by atoms with Crippen LogP contribution in [-0.4, -0.2) is 62.8 Å². The Morgan fingerprint density at radius 1 is 0.821 bits per heavy atom. The first-order chi connectivity index (χ1) is 27.1. The number of pyridine rings is 1. The number of aromatic nitrogens is 3. The largest absolute Gasteiger partial charge is 0.444 e. The van der Waals surface area contributed by atoms with Crippen LogP contribution in [0.1, 0.15) is 72.2 Å². The first kappa shape index (κ1) is 41.7. The van der Waals surface area contributed by atoms with Crippen LogP contribution in [0.15, 0.2) is 102 Å². The monoisotopic (exact) mass is 795 g/mol. The molecule has 3 aromatic heterocycles. The third kappa shape index (κ3) is 14.0. The van der Waals surface area contributed by atoms with E-state index >= 15 is 0 Å². The van der Waals surface area contributed by atoms with Crippen molar-refractivity contribution >= 4 is 52.2 Å². The van der Waals surface area contributed by atoms with E-state index in [9.17, 15) is 19.2 Å². The normalized spacial score (nSPS) is 12.6. The van der Waals surface area contributed by atoms with Crippen LogP contribution in [0.3, 0.4) is 0 Å². The number of rotatable bonds is 20. The number of alkyl carbamates (subject to hydrolysis) is 1. The zero-order valence-electron chi connectivity index (χ0n) is 31.9. The van der Waals surface area contributed by atoms with Gasteiger partial charge >= 0.3 is 12.1 Å². The summed E-state index contributed by atoms with van der Waals surface area (Å²) in [6.45, 7) is 4.50. The zero-order chi connectivity index (χ0) is 39.7. The average molecular weight is 796 g/mol. The fourth-order valence-corrected chi connectivity index (χ4v) is 7.52. The van der Waals surface area contributed by atoms with Gasteiger partial charge < -0.3 is 25.6 Å². The number of ether oxygens (including phenoxy) is 1. The Balaban J connectivity index is 1.31. The molecule has 294 valence electrons. The molecule has 3 N–H and O–H groups in total. The van der Waals surface area contributed by atoms with Gasteiger partial charge in [0.05, 0.1) is 52.0 Å². The van der Waals surface area contributed by atoms with Crippen molar-refractivity contribution in [2.45, 2.75) is 83.5 Å². The van der Waals surface area contributed by atoms with E-state index in [1.54, 1.807) is 48.4 Å². The average Bonchev–Trinajstić information content (AvgIpc) is 3.90. The molecule has 5 aromatic rings. The number of amides is 4. The van der Waals surface area contributed by atoms with Crippen molar-refractivity contribution in [3.05, 3.63) is 129 Å². The van der Waals surface area contributed by atoms with E-state index in [1.165, 1.54) is 22.4 Å². The number of nitrogens with zero attached hydrogens (tertiary/aromatic N) is 4. The summed E-state index contributed by atoms with van der Waals surface area (Å²) in [5, 5.41) is 11.6. The predicted molar refractivity (Wildman–Crippen MR) is 219 cm³/mol. The number of benzene rings is 2. The van der Waals surface area contributed by atoms with Crippen LogP contribution in [0.2, 0.25) is 0 Å². The second-order valence-corrected chi connectivity index (χ2v) is 15.9. The lowest BCUT2D eigenvalue weighted by Crippen LogP contribution is -2.48. The molecular weight excluding hydrogens is 747 g/mol. The minimum Gasteiger partial charge on any atom is -0.444 e. The van der Waals surface area contributed by atoms with Gasteiger partial charge in [0, 0.05) is 43.2 Å². The predicted octanol–water partition coefficient (Wildman–Crippen LogP) is 7.79. The SMILES string of the molecule is CC(C)c1nc(CN(C)C(=O)NC(CC(=O)Nc2cccnc2)C(=O)CC(CCC(Cc2ccccc2)NC(=O)OCc2cncs2)Cc2ccccc2)cs1. The Kier molecular flexibility index (Phi) is 16.1. The van der Waals surface area contributed by atoms with E-state index in [0.29, 0.717) is 31.4 Å². The Hall–Kier alpha value is -5.47. The topological polar surface area (TPSA) is 156 Å². The molecule has 0 aliphatic carbocycles. The van der Waals surface area contributed by atoms with Gasteiger partial charge in [-0.15, -0.1) is 22.7 Å². The van der Waals surface area contributed by atoms with E-state index in [4.69, 9.17) is 4.74 Å².